The topological polar surface area (TPSA) is 50.4 Å². The van der Waals surface area contributed by atoms with Crippen molar-refractivity contribution in [3.63, 3.8) is 0 Å². The third-order valence-electron chi connectivity index (χ3n) is 3.23. The average molecular weight is 331 g/mol. The van der Waals surface area contributed by atoms with E-state index in [2.05, 4.69) is 26.2 Å². The van der Waals surface area contributed by atoms with Gasteiger partial charge in [-0.25, -0.2) is 4.99 Å². The Labute approximate surface area is 121 Å². The number of hydrogen-bond acceptors (Lipinski definition) is 1. The van der Waals surface area contributed by atoms with Crippen LogP contribution in [0.5, 0.6) is 0 Å². The number of hydrogen-bond donors (Lipinski definition) is 2. The molecule has 1 aromatic rings. The SMILES string of the molecule is NC(=NCc1ccc(Br)cc1Cl)NCC1CCC1. The molecule has 2 rings (SSSR count). The van der Waals surface area contributed by atoms with E-state index in [0.29, 0.717) is 17.5 Å². The smallest absolute Gasteiger partial charge is 0.188 e. The minimum absolute atomic E-state index is 0.501. The van der Waals surface area contributed by atoms with Gasteiger partial charge in [0.2, 0.25) is 0 Å². The van der Waals surface area contributed by atoms with Gasteiger partial charge in [-0.2, -0.15) is 0 Å². The predicted octanol–water partition coefficient (Wildman–Crippen LogP) is 3.31. The maximum atomic E-state index is 6.11. The van der Waals surface area contributed by atoms with Gasteiger partial charge < -0.3 is 11.1 Å². The molecule has 3 nitrogen and oxygen atoms in total. The zero-order chi connectivity index (χ0) is 13.0. The lowest BCUT2D eigenvalue weighted by Crippen LogP contribution is -2.37. The molecule has 0 spiro atoms. The molecule has 0 unspecified atom stereocenters. The van der Waals surface area contributed by atoms with Crippen molar-refractivity contribution in [2.24, 2.45) is 16.6 Å². The molecule has 1 aliphatic carbocycles. The second-order valence-electron chi connectivity index (χ2n) is 4.62. The lowest BCUT2D eigenvalue weighted by molar-refractivity contribution is 0.315. The molecular formula is C13H17BrClN3. The van der Waals surface area contributed by atoms with Crippen molar-refractivity contribution in [3.8, 4) is 0 Å². The van der Waals surface area contributed by atoms with Crippen molar-refractivity contribution >= 4 is 33.5 Å². The highest BCUT2D eigenvalue weighted by Gasteiger charge is 2.16. The molecule has 1 fully saturated rings. The van der Waals surface area contributed by atoms with E-state index in [4.69, 9.17) is 17.3 Å². The summed E-state index contributed by atoms with van der Waals surface area (Å²) in [5.74, 6) is 1.27. The molecule has 0 radical (unpaired) electrons. The van der Waals surface area contributed by atoms with Gasteiger partial charge in [-0.15, -0.1) is 0 Å². The van der Waals surface area contributed by atoms with Crippen LogP contribution in [0.25, 0.3) is 0 Å². The van der Waals surface area contributed by atoms with E-state index in [9.17, 15) is 0 Å². The highest BCUT2D eigenvalue weighted by Crippen LogP contribution is 2.25. The Hall–Kier alpha value is -0.740. The quantitative estimate of drug-likeness (QED) is 0.657. The molecule has 0 saturated heterocycles. The van der Waals surface area contributed by atoms with Gasteiger partial charge >= 0.3 is 0 Å². The number of guanidine groups is 1. The fourth-order valence-electron chi connectivity index (χ4n) is 1.82. The minimum Gasteiger partial charge on any atom is -0.370 e. The van der Waals surface area contributed by atoms with Crippen molar-refractivity contribution in [2.75, 3.05) is 6.54 Å². The van der Waals surface area contributed by atoms with E-state index in [1.54, 1.807) is 0 Å². The first kappa shape index (κ1) is 13.7. The van der Waals surface area contributed by atoms with E-state index in [1.165, 1.54) is 19.3 Å². The van der Waals surface area contributed by atoms with Crippen molar-refractivity contribution in [3.05, 3.63) is 33.3 Å². The van der Waals surface area contributed by atoms with Gasteiger partial charge in [0.05, 0.1) is 6.54 Å². The standard InChI is InChI=1S/C13H17BrClN3/c14-11-5-4-10(12(15)6-11)8-18-13(16)17-7-9-2-1-3-9/h4-6,9H,1-3,7-8H2,(H3,16,17,18). The Morgan fingerprint density at radius 3 is 2.89 bits per heavy atom. The first-order valence-electron chi connectivity index (χ1n) is 6.13. The van der Waals surface area contributed by atoms with Crippen LogP contribution in [0.2, 0.25) is 5.02 Å². The molecule has 18 heavy (non-hydrogen) atoms. The number of rotatable bonds is 4. The van der Waals surface area contributed by atoms with E-state index >= 15 is 0 Å². The molecule has 0 amide bonds. The summed E-state index contributed by atoms with van der Waals surface area (Å²) in [6, 6.07) is 5.77. The summed E-state index contributed by atoms with van der Waals surface area (Å²) < 4.78 is 0.969. The van der Waals surface area contributed by atoms with Crippen molar-refractivity contribution in [1.29, 1.82) is 0 Å². The highest BCUT2D eigenvalue weighted by atomic mass is 79.9. The molecule has 1 aliphatic rings. The van der Waals surface area contributed by atoms with Crippen LogP contribution in [0, 0.1) is 5.92 Å². The summed E-state index contributed by atoms with van der Waals surface area (Å²) in [5, 5.41) is 3.87. The summed E-state index contributed by atoms with van der Waals surface area (Å²) in [4.78, 5) is 4.30. The van der Waals surface area contributed by atoms with Crippen LogP contribution in [0.1, 0.15) is 24.8 Å². The normalized spacial score (nSPS) is 16.4. The van der Waals surface area contributed by atoms with Gasteiger partial charge in [0.15, 0.2) is 5.96 Å². The molecule has 0 aliphatic heterocycles. The highest BCUT2D eigenvalue weighted by molar-refractivity contribution is 9.10. The van der Waals surface area contributed by atoms with Gasteiger partial charge in [-0.3, -0.25) is 0 Å². The molecule has 0 bridgehead atoms. The van der Waals surface area contributed by atoms with Gasteiger partial charge in [0.1, 0.15) is 0 Å². The van der Waals surface area contributed by atoms with Gasteiger partial charge in [0, 0.05) is 16.0 Å². The number of nitrogens with one attached hydrogen (secondary N) is 1. The number of halogens is 2. The molecule has 0 atom stereocenters. The summed E-state index contributed by atoms with van der Waals surface area (Å²) in [6.07, 6.45) is 3.95. The zero-order valence-corrected chi connectivity index (χ0v) is 12.5. The molecule has 1 aromatic carbocycles. The number of nitrogens with zero attached hydrogens (tertiary/aromatic N) is 1. The fraction of sp³-hybridized carbons (Fsp3) is 0.462. The summed E-state index contributed by atoms with van der Waals surface area (Å²) >= 11 is 9.49. The molecule has 5 heteroatoms. The monoisotopic (exact) mass is 329 g/mol. The lowest BCUT2D eigenvalue weighted by atomic mass is 9.85. The van der Waals surface area contributed by atoms with Crippen LogP contribution in [0.3, 0.4) is 0 Å². The summed E-state index contributed by atoms with van der Waals surface area (Å²) in [5.41, 5.74) is 6.80. The second-order valence-corrected chi connectivity index (χ2v) is 5.94. The van der Waals surface area contributed by atoms with E-state index in [-0.39, 0.29) is 0 Å². The van der Waals surface area contributed by atoms with Crippen molar-refractivity contribution in [2.45, 2.75) is 25.8 Å². The first-order chi connectivity index (χ1) is 8.65. The fourth-order valence-corrected chi connectivity index (χ4v) is 2.56. The Morgan fingerprint density at radius 1 is 1.50 bits per heavy atom. The van der Waals surface area contributed by atoms with Gasteiger partial charge in [-0.05, 0) is 36.5 Å². The van der Waals surface area contributed by atoms with Crippen LogP contribution in [-0.2, 0) is 6.54 Å². The average Bonchev–Trinajstić information content (AvgIpc) is 2.25. The summed E-state index contributed by atoms with van der Waals surface area (Å²) in [6.45, 7) is 1.44. The van der Waals surface area contributed by atoms with Crippen LogP contribution in [0.15, 0.2) is 27.7 Å². The van der Waals surface area contributed by atoms with Crippen LogP contribution >= 0.6 is 27.5 Å². The third kappa shape index (κ3) is 3.89. The Balaban J connectivity index is 1.84. The Bertz CT molecular complexity index is 444. The number of benzene rings is 1. The van der Waals surface area contributed by atoms with Crippen LogP contribution in [-0.4, -0.2) is 12.5 Å². The first-order valence-corrected chi connectivity index (χ1v) is 7.30. The van der Waals surface area contributed by atoms with Crippen LogP contribution in [0.4, 0.5) is 0 Å². The molecule has 1 saturated carbocycles. The Kier molecular flexibility index (Phi) is 4.89. The minimum atomic E-state index is 0.501. The largest absolute Gasteiger partial charge is 0.370 e. The lowest BCUT2D eigenvalue weighted by Gasteiger charge is -2.25. The van der Waals surface area contributed by atoms with Crippen molar-refractivity contribution in [1.82, 2.24) is 5.32 Å². The zero-order valence-electron chi connectivity index (χ0n) is 10.1. The van der Waals surface area contributed by atoms with E-state index in [0.717, 1.165) is 22.5 Å². The molecule has 3 N–H and O–H groups in total. The number of nitrogens with two attached hydrogens (primary N) is 1. The van der Waals surface area contributed by atoms with Crippen LogP contribution < -0.4 is 11.1 Å². The summed E-state index contributed by atoms with van der Waals surface area (Å²) in [7, 11) is 0. The maximum Gasteiger partial charge on any atom is 0.188 e. The van der Waals surface area contributed by atoms with Gasteiger partial charge in [-0.1, -0.05) is 40.0 Å². The van der Waals surface area contributed by atoms with Gasteiger partial charge in [0.25, 0.3) is 0 Å². The molecule has 98 valence electrons. The van der Waals surface area contributed by atoms with E-state index < -0.39 is 0 Å². The molecular weight excluding hydrogens is 314 g/mol. The predicted molar refractivity (Wildman–Crippen MR) is 79.8 cm³/mol. The van der Waals surface area contributed by atoms with E-state index in [1.807, 2.05) is 18.2 Å². The third-order valence-corrected chi connectivity index (χ3v) is 4.08. The molecule has 0 heterocycles. The van der Waals surface area contributed by atoms with Crippen molar-refractivity contribution < 1.29 is 0 Å². The maximum absolute atomic E-state index is 6.11. The molecule has 0 aromatic heterocycles. The number of aliphatic imine (C=N–C) groups is 1. The second kappa shape index (κ2) is 6.43. The Morgan fingerprint density at radius 2 is 2.28 bits per heavy atom.